The van der Waals surface area contributed by atoms with E-state index in [1.54, 1.807) is 41.9 Å². The molecule has 0 bridgehead atoms. The third-order valence-corrected chi connectivity index (χ3v) is 5.53. The molecule has 0 saturated heterocycles. The lowest BCUT2D eigenvalue weighted by Crippen LogP contribution is -2.30. The third-order valence-electron chi connectivity index (χ3n) is 4.51. The number of benzene rings is 2. The minimum Gasteiger partial charge on any atom is -0.503 e. The van der Waals surface area contributed by atoms with Gasteiger partial charge in [0.25, 0.3) is 5.91 Å². The summed E-state index contributed by atoms with van der Waals surface area (Å²) in [6.45, 7) is 0. The van der Waals surface area contributed by atoms with Crippen LogP contribution in [0.15, 0.2) is 83.6 Å². The van der Waals surface area contributed by atoms with Gasteiger partial charge in [-0.3, -0.25) is 14.5 Å². The molecule has 3 aromatic rings. The molecule has 0 unspecified atom stereocenters. The number of carbonyl (C=O) groups is 2. The number of carbonyl (C=O) groups excluding carboxylic acids is 2. The van der Waals surface area contributed by atoms with Crippen molar-refractivity contribution in [3.8, 4) is 0 Å². The normalized spacial score (nSPS) is 16.8. The molecule has 0 fully saturated rings. The number of aliphatic hydroxyl groups excluding tert-OH is 1. The molecular weight excluding hydrogens is 408 g/mol. The Morgan fingerprint density at radius 3 is 2.52 bits per heavy atom. The number of hydrogen-bond acceptors (Lipinski definition) is 5. The Bertz CT molecular complexity index is 1110. The average molecular weight is 423 g/mol. The number of amides is 1. The van der Waals surface area contributed by atoms with Crippen LogP contribution in [0.4, 0.5) is 5.13 Å². The molecule has 0 saturated carbocycles. The summed E-state index contributed by atoms with van der Waals surface area (Å²) in [5.41, 5.74) is 1.50. The molecule has 29 heavy (non-hydrogen) atoms. The topological polar surface area (TPSA) is 70.5 Å². The monoisotopic (exact) mass is 422 g/mol. The van der Waals surface area contributed by atoms with Gasteiger partial charge in [0, 0.05) is 16.6 Å². The first-order chi connectivity index (χ1) is 14.1. The van der Waals surface area contributed by atoms with E-state index >= 15 is 0 Å². The molecule has 0 aliphatic carbocycles. The van der Waals surface area contributed by atoms with Gasteiger partial charge >= 0.3 is 0 Å². The van der Waals surface area contributed by atoms with E-state index in [0.29, 0.717) is 15.7 Å². The van der Waals surface area contributed by atoms with E-state index in [2.05, 4.69) is 4.98 Å². The number of nitrogens with zero attached hydrogens (tertiary/aromatic N) is 2. The number of thiazole rings is 1. The van der Waals surface area contributed by atoms with E-state index in [1.165, 1.54) is 22.3 Å². The number of aromatic nitrogens is 1. The second kappa shape index (κ2) is 8.03. The Kier molecular flexibility index (Phi) is 5.29. The predicted octanol–water partition coefficient (Wildman–Crippen LogP) is 4.98. The third kappa shape index (κ3) is 3.72. The van der Waals surface area contributed by atoms with Gasteiger partial charge in [-0.1, -0.05) is 60.1 Å². The summed E-state index contributed by atoms with van der Waals surface area (Å²) in [7, 11) is 0. The molecule has 7 heteroatoms. The number of hydrogen-bond donors (Lipinski definition) is 1. The molecule has 2 heterocycles. The van der Waals surface area contributed by atoms with Crippen LogP contribution in [0.5, 0.6) is 0 Å². The van der Waals surface area contributed by atoms with Crippen molar-refractivity contribution in [3.63, 3.8) is 0 Å². The van der Waals surface area contributed by atoms with E-state index in [-0.39, 0.29) is 5.57 Å². The van der Waals surface area contributed by atoms with Gasteiger partial charge in [-0.25, -0.2) is 4.98 Å². The fraction of sp³-hybridized carbons (Fsp3) is 0.0455. The Morgan fingerprint density at radius 1 is 1.14 bits per heavy atom. The number of anilines is 1. The van der Waals surface area contributed by atoms with Gasteiger partial charge in [-0.05, 0) is 29.3 Å². The van der Waals surface area contributed by atoms with Crippen LogP contribution >= 0.6 is 22.9 Å². The quantitative estimate of drug-likeness (QED) is 0.589. The van der Waals surface area contributed by atoms with Crippen LogP contribution < -0.4 is 4.90 Å². The minimum absolute atomic E-state index is 0.0136. The van der Waals surface area contributed by atoms with Crippen LogP contribution in [0, 0.1) is 0 Å². The first-order valence-electron chi connectivity index (χ1n) is 8.75. The average Bonchev–Trinajstić information content (AvgIpc) is 3.35. The van der Waals surface area contributed by atoms with E-state index in [1.807, 2.05) is 30.3 Å². The summed E-state index contributed by atoms with van der Waals surface area (Å²) in [6.07, 6.45) is 4.58. The number of halogens is 1. The van der Waals surface area contributed by atoms with Crippen molar-refractivity contribution in [2.24, 2.45) is 0 Å². The number of allylic oxidation sites excluding steroid dienone is 1. The summed E-state index contributed by atoms with van der Waals surface area (Å²) in [5.74, 6) is -1.67. The van der Waals surface area contributed by atoms with Crippen LogP contribution in [-0.2, 0) is 9.59 Å². The van der Waals surface area contributed by atoms with Crippen LogP contribution in [0.3, 0.4) is 0 Å². The van der Waals surface area contributed by atoms with Gasteiger partial charge in [-0.15, -0.1) is 11.3 Å². The van der Waals surface area contributed by atoms with Crippen molar-refractivity contribution in [1.82, 2.24) is 4.98 Å². The molecule has 1 aliphatic heterocycles. The standard InChI is InChI=1S/C22H15ClN2O3S/c23-16-9-7-15(8-10-16)19-18(17(26)11-6-14-4-2-1-3-5-14)20(27)21(28)25(19)22-24-12-13-29-22/h1-13,19,27H/b11-6+/t19-/m1/s1. The second-order valence-corrected chi connectivity index (χ2v) is 7.62. The highest BCUT2D eigenvalue weighted by atomic mass is 35.5. The van der Waals surface area contributed by atoms with Gasteiger partial charge in [0.15, 0.2) is 16.7 Å². The highest BCUT2D eigenvalue weighted by molar-refractivity contribution is 7.13. The fourth-order valence-electron chi connectivity index (χ4n) is 3.18. The highest BCUT2D eigenvalue weighted by Gasteiger charge is 2.44. The molecular formula is C22H15ClN2O3S. The number of ketones is 1. The van der Waals surface area contributed by atoms with Gasteiger partial charge in [-0.2, -0.15) is 0 Å². The smallest absolute Gasteiger partial charge is 0.296 e. The van der Waals surface area contributed by atoms with Gasteiger partial charge < -0.3 is 5.11 Å². The largest absolute Gasteiger partial charge is 0.503 e. The maximum absolute atomic E-state index is 13.0. The zero-order chi connectivity index (χ0) is 20.4. The molecule has 1 amide bonds. The van der Waals surface area contributed by atoms with Gasteiger partial charge in [0.05, 0.1) is 11.6 Å². The molecule has 144 valence electrons. The molecule has 1 N–H and O–H groups in total. The Labute approximate surface area is 176 Å². The van der Waals surface area contributed by atoms with Gasteiger partial charge in [0.1, 0.15) is 0 Å². The first kappa shape index (κ1) is 19.1. The lowest BCUT2D eigenvalue weighted by Gasteiger charge is -2.24. The fourth-order valence-corrected chi connectivity index (χ4v) is 3.97. The number of aliphatic hydroxyl groups is 1. The molecule has 0 spiro atoms. The van der Waals surface area contributed by atoms with E-state index < -0.39 is 23.5 Å². The predicted molar refractivity (Wildman–Crippen MR) is 114 cm³/mol. The zero-order valence-corrected chi connectivity index (χ0v) is 16.6. The van der Waals surface area contributed by atoms with Crippen LogP contribution in [0.1, 0.15) is 17.2 Å². The molecule has 4 rings (SSSR count). The van der Waals surface area contributed by atoms with Gasteiger partial charge in [0.2, 0.25) is 0 Å². The Morgan fingerprint density at radius 2 is 1.86 bits per heavy atom. The molecule has 2 aromatic carbocycles. The summed E-state index contributed by atoms with van der Waals surface area (Å²) in [6, 6.07) is 15.3. The maximum Gasteiger partial charge on any atom is 0.296 e. The van der Waals surface area contributed by atoms with Crippen molar-refractivity contribution in [1.29, 1.82) is 0 Å². The SMILES string of the molecule is O=C(/C=C/c1ccccc1)C1=C(O)C(=O)N(c2nccs2)[C@@H]1c1ccc(Cl)cc1. The molecule has 1 aliphatic rings. The summed E-state index contributed by atoms with van der Waals surface area (Å²) >= 11 is 7.25. The van der Waals surface area contributed by atoms with Crippen molar-refractivity contribution in [2.75, 3.05) is 4.90 Å². The van der Waals surface area contributed by atoms with Crippen molar-refractivity contribution >= 4 is 45.8 Å². The van der Waals surface area contributed by atoms with Crippen molar-refractivity contribution in [2.45, 2.75) is 6.04 Å². The maximum atomic E-state index is 13.0. The van der Waals surface area contributed by atoms with Crippen LogP contribution in [0.2, 0.25) is 5.02 Å². The summed E-state index contributed by atoms with van der Waals surface area (Å²) < 4.78 is 0. The molecule has 1 atom stereocenters. The zero-order valence-electron chi connectivity index (χ0n) is 15.0. The lowest BCUT2D eigenvalue weighted by molar-refractivity contribution is -0.117. The van der Waals surface area contributed by atoms with Crippen LogP contribution in [-0.4, -0.2) is 21.8 Å². The van der Waals surface area contributed by atoms with Crippen LogP contribution in [0.25, 0.3) is 6.08 Å². The first-order valence-corrected chi connectivity index (χ1v) is 10.0. The molecule has 1 aromatic heterocycles. The Balaban J connectivity index is 1.77. The van der Waals surface area contributed by atoms with E-state index in [0.717, 1.165) is 5.56 Å². The molecule has 0 radical (unpaired) electrons. The summed E-state index contributed by atoms with van der Waals surface area (Å²) in [5, 5.41) is 13.2. The number of rotatable bonds is 5. The minimum atomic E-state index is -0.793. The molecule has 5 nitrogen and oxygen atoms in total. The van der Waals surface area contributed by atoms with Crippen molar-refractivity contribution < 1.29 is 14.7 Å². The second-order valence-electron chi connectivity index (χ2n) is 6.31. The summed E-state index contributed by atoms with van der Waals surface area (Å²) in [4.78, 5) is 31.4. The highest BCUT2D eigenvalue weighted by Crippen LogP contribution is 2.41. The Hall–Kier alpha value is -3.22. The lowest BCUT2D eigenvalue weighted by atomic mass is 9.96. The van der Waals surface area contributed by atoms with Crippen molar-refractivity contribution in [3.05, 3.63) is 99.7 Å². The van der Waals surface area contributed by atoms with E-state index in [4.69, 9.17) is 11.6 Å². The van der Waals surface area contributed by atoms with E-state index in [9.17, 15) is 14.7 Å².